The number of hydrogen-bond donors (Lipinski definition) is 2. The molecule has 2 N–H and O–H groups in total. The van der Waals surface area contributed by atoms with E-state index in [-0.39, 0.29) is 6.61 Å². The van der Waals surface area contributed by atoms with Gasteiger partial charge in [-0.25, -0.2) is 4.98 Å². The van der Waals surface area contributed by atoms with Gasteiger partial charge in [0.15, 0.2) is 0 Å². The molecular weight excluding hydrogens is 258 g/mol. The summed E-state index contributed by atoms with van der Waals surface area (Å²) in [6.45, 7) is 3.08. The lowest BCUT2D eigenvalue weighted by atomic mass is 10.2. The fourth-order valence-electron chi connectivity index (χ4n) is 2.12. The molecule has 1 unspecified atom stereocenters. The lowest BCUT2D eigenvalue weighted by Gasteiger charge is -2.16. The van der Waals surface area contributed by atoms with Gasteiger partial charge in [-0.1, -0.05) is 6.07 Å². The highest BCUT2D eigenvalue weighted by atomic mass is 32.2. The molecule has 0 aliphatic carbocycles. The minimum Gasteiger partial charge on any atom is -0.396 e. The van der Waals surface area contributed by atoms with Crippen molar-refractivity contribution in [2.45, 2.75) is 25.9 Å². The predicted octanol–water partition coefficient (Wildman–Crippen LogP) is 1.85. The van der Waals surface area contributed by atoms with Crippen molar-refractivity contribution in [2.24, 2.45) is 0 Å². The molecule has 0 amide bonds. The molecule has 1 atom stereocenters. The van der Waals surface area contributed by atoms with Crippen molar-refractivity contribution in [1.29, 1.82) is 0 Å². The van der Waals surface area contributed by atoms with Crippen LogP contribution < -0.4 is 5.32 Å². The zero-order valence-corrected chi connectivity index (χ0v) is 12.3. The number of imidazole rings is 1. The Labute approximate surface area is 118 Å². The first-order valence-corrected chi connectivity index (χ1v) is 7.89. The largest absolute Gasteiger partial charge is 0.396 e. The molecule has 0 aliphatic rings. The van der Waals surface area contributed by atoms with Crippen molar-refractivity contribution in [3.8, 4) is 0 Å². The molecular formula is C14H21N3OS. The van der Waals surface area contributed by atoms with E-state index in [1.165, 1.54) is 5.56 Å². The molecule has 0 saturated carbocycles. The van der Waals surface area contributed by atoms with Crippen LogP contribution in [0.5, 0.6) is 0 Å². The second kappa shape index (κ2) is 6.93. The Balaban J connectivity index is 2.06. The van der Waals surface area contributed by atoms with Gasteiger partial charge in [0.05, 0.1) is 11.9 Å². The van der Waals surface area contributed by atoms with Crippen molar-refractivity contribution in [2.75, 3.05) is 18.6 Å². The Kier molecular flexibility index (Phi) is 5.24. The Morgan fingerprint density at radius 1 is 1.47 bits per heavy atom. The molecule has 2 aromatic heterocycles. The summed E-state index contributed by atoms with van der Waals surface area (Å²) in [5, 5.41) is 12.6. The van der Waals surface area contributed by atoms with Crippen molar-refractivity contribution in [3.63, 3.8) is 0 Å². The molecule has 0 saturated heterocycles. The van der Waals surface area contributed by atoms with Gasteiger partial charge in [0.1, 0.15) is 5.65 Å². The molecule has 0 aromatic carbocycles. The average Bonchev–Trinajstić information content (AvgIpc) is 2.79. The van der Waals surface area contributed by atoms with Crippen molar-refractivity contribution >= 4 is 17.4 Å². The Hall–Kier alpha value is -1.04. The molecule has 4 nitrogen and oxygen atoms in total. The van der Waals surface area contributed by atoms with Crippen LogP contribution in [0.25, 0.3) is 5.65 Å². The maximum atomic E-state index is 9.06. The molecule has 2 heterocycles. The number of nitrogens with one attached hydrogen (secondary N) is 1. The summed E-state index contributed by atoms with van der Waals surface area (Å²) in [5.74, 6) is 1.01. The van der Waals surface area contributed by atoms with Gasteiger partial charge in [0, 0.05) is 31.1 Å². The van der Waals surface area contributed by atoms with Crippen molar-refractivity contribution in [3.05, 3.63) is 35.8 Å². The molecule has 0 aliphatic heterocycles. The van der Waals surface area contributed by atoms with E-state index in [9.17, 15) is 0 Å². The summed E-state index contributed by atoms with van der Waals surface area (Å²) in [6.07, 6.45) is 6.89. The second-order valence-corrected chi connectivity index (χ2v) is 5.64. The summed E-state index contributed by atoms with van der Waals surface area (Å²) in [5.41, 5.74) is 3.36. The third-order valence-corrected chi connectivity index (χ3v) is 3.88. The standard InChI is InChI=1S/C14H21N3OS/c1-11-3-4-14-16-8-13(17(14)9-11)7-15-12(5-6-18)10-19-2/h3-4,8-9,12,15,18H,5-7,10H2,1-2H3. The van der Waals surface area contributed by atoms with Gasteiger partial charge in [-0.2, -0.15) is 11.8 Å². The van der Waals surface area contributed by atoms with Gasteiger partial charge in [-0.15, -0.1) is 0 Å². The normalized spacial score (nSPS) is 13.0. The Morgan fingerprint density at radius 2 is 2.32 bits per heavy atom. The molecule has 2 aromatic rings. The Bertz CT molecular complexity index is 520. The highest BCUT2D eigenvalue weighted by Gasteiger charge is 2.09. The van der Waals surface area contributed by atoms with Crippen molar-refractivity contribution < 1.29 is 5.11 Å². The van der Waals surface area contributed by atoms with Crippen LogP contribution >= 0.6 is 11.8 Å². The monoisotopic (exact) mass is 279 g/mol. The zero-order chi connectivity index (χ0) is 13.7. The summed E-state index contributed by atoms with van der Waals surface area (Å²) < 4.78 is 2.12. The number of pyridine rings is 1. The first kappa shape index (κ1) is 14.4. The van der Waals surface area contributed by atoms with Crippen LogP contribution in [-0.2, 0) is 6.54 Å². The highest BCUT2D eigenvalue weighted by molar-refractivity contribution is 7.98. The number of aryl methyl sites for hydroxylation is 1. The van der Waals surface area contributed by atoms with E-state index in [1.807, 2.05) is 12.3 Å². The van der Waals surface area contributed by atoms with Crippen LogP contribution in [0, 0.1) is 6.92 Å². The van der Waals surface area contributed by atoms with Crippen LogP contribution in [0.15, 0.2) is 24.5 Å². The van der Waals surface area contributed by atoms with E-state index >= 15 is 0 Å². The smallest absolute Gasteiger partial charge is 0.136 e. The summed E-state index contributed by atoms with van der Waals surface area (Å²) >= 11 is 1.80. The summed E-state index contributed by atoms with van der Waals surface area (Å²) in [4.78, 5) is 4.40. The minimum atomic E-state index is 0.227. The summed E-state index contributed by atoms with van der Waals surface area (Å²) in [6, 6.07) is 4.45. The number of thioether (sulfide) groups is 1. The molecule has 0 bridgehead atoms. The first-order chi connectivity index (χ1) is 9.24. The maximum absolute atomic E-state index is 9.06. The second-order valence-electron chi connectivity index (χ2n) is 4.73. The molecule has 2 rings (SSSR count). The van der Waals surface area contributed by atoms with Crippen LogP contribution in [-0.4, -0.2) is 39.1 Å². The maximum Gasteiger partial charge on any atom is 0.136 e. The van der Waals surface area contributed by atoms with E-state index in [0.29, 0.717) is 6.04 Å². The van der Waals surface area contributed by atoms with Gasteiger partial charge in [0.25, 0.3) is 0 Å². The van der Waals surface area contributed by atoms with Crippen LogP contribution in [0.1, 0.15) is 17.7 Å². The number of aliphatic hydroxyl groups is 1. The van der Waals surface area contributed by atoms with Gasteiger partial charge < -0.3 is 14.8 Å². The predicted molar refractivity (Wildman–Crippen MR) is 80.6 cm³/mol. The number of hydrogen-bond acceptors (Lipinski definition) is 4. The van der Waals surface area contributed by atoms with E-state index in [4.69, 9.17) is 5.11 Å². The van der Waals surface area contributed by atoms with Gasteiger partial charge in [0.2, 0.25) is 0 Å². The van der Waals surface area contributed by atoms with E-state index < -0.39 is 0 Å². The third-order valence-electron chi connectivity index (χ3n) is 3.15. The molecule has 0 radical (unpaired) electrons. The van der Waals surface area contributed by atoms with Crippen LogP contribution in [0.3, 0.4) is 0 Å². The number of nitrogens with zero attached hydrogens (tertiary/aromatic N) is 2. The minimum absolute atomic E-state index is 0.227. The number of aliphatic hydroxyl groups excluding tert-OH is 1. The zero-order valence-electron chi connectivity index (χ0n) is 11.5. The van der Waals surface area contributed by atoms with Crippen LogP contribution in [0.4, 0.5) is 0 Å². The number of fused-ring (bicyclic) bond motifs is 1. The highest BCUT2D eigenvalue weighted by Crippen LogP contribution is 2.09. The third kappa shape index (κ3) is 3.72. The van der Waals surface area contributed by atoms with E-state index in [1.54, 1.807) is 11.8 Å². The van der Waals surface area contributed by atoms with Gasteiger partial charge in [-0.3, -0.25) is 0 Å². The lowest BCUT2D eigenvalue weighted by molar-refractivity contribution is 0.269. The number of rotatable bonds is 7. The van der Waals surface area contributed by atoms with Gasteiger partial charge >= 0.3 is 0 Å². The summed E-state index contributed by atoms with van der Waals surface area (Å²) in [7, 11) is 0. The van der Waals surface area contributed by atoms with Crippen LogP contribution in [0.2, 0.25) is 0 Å². The van der Waals surface area contributed by atoms with Crippen molar-refractivity contribution in [1.82, 2.24) is 14.7 Å². The molecule has 19 heavy (non-hydrogen) atoms. The first-order valence-electron chi connectivity index (χ1n) is 6.50. The molecule has 104 valence electrons. The molecule has 5 heteroatoms. The topological polar surface area (TPSA) is 49.6 Å². The molecule has 0 spiro atoms. The lowest BCUT2D eigenvalue weighted by Crippen LogP contribution is -2.32. The number of aromatic nitrogens is 2. The van der Waals surface area contributed by atoms with E-state index in [0.717, 1.165) is 30.1 Å². The fraction of sp³-hybridized carbons (Fsp3) is 0.500. The fourth-order valence-corrected chi connectivity index (χ4v) is 2.81. The quantitative estimate of drug-likeness (QED) is 0.812. The van der Waals surface area contributed by atoms with Gasteiger partial charge in [-0.05, 0) is 31.2 Å². The van der Waals surface area contributed by atoms with E-state index in [2.05, 4.69) is 40.1 Å². The molecule has 0 fully saturated rings. The Morgan fingerprint density at radius 3 is 3.05 bits per heavy atom. The average molecular weight is 279 g/mol. The SMILES string of the molecule is CSCC(CCO)NCc1cnc2ccc(C)cn12.